The Morgan fingerprint density at radius 1 is 0.750 bits per heavy atom. The average molecular weight is 283 g/mol. The highest BCUT2D eigenvalue weighted by Gasteiger charge is 2.31. The molecule has 2 aromatic rings. The van der Waals surface area contributed by atoms with Gasteiger partial charge in [-0.1, -0.05) is 73.5 Å². The lowest BCUT2D eigenvalue weighted by Crippen LogP contribution is -2.40. The van der Waals surface area contributed by atoms with Crippen molar-refractivity contribution >= 4 is 18.5 Å². The molecule has 1 saturated carbocycles. The highest BCUT2D eigenvalue weighted by Crippen LogP contribution is 2.45. The van der Waals surface area contributed by atoms with Gasteiger partial charge >= 0.3 is 0 Å². The molecule has 104 valence electrons. The molecule has 0 heterocycles. The van der Waals surface area contributed by atoms with Gasteiger partial charge in [0.05, 0.1) is 0 Å². The molecule has 0 spiro atoms. The summed E-state index contributed by atoms with van der Waals surface area (Å²) in [4.78, 5) is 0. The van der Waals surface area contributed by atoms with E-state index in [9.17, 15) is 0 Å². The van der Waals surface area contributed by atoms with Gasteiger partial charge in [0.1, 0.15) is 0 Å². The van der Waals surface area contributed by atoms with Crippen LogP contribution in [-0.4, -0.2) is 11.7 Å². The average Bonchev–Trinajstić information content (AvgIpc) is 2.52. The fourth-order valence-electron chi connectivity index (χ4n) is 3.17. The quantitative estimate of drug-likeness (QED) is 0.859. The third kappa shape index (κ3) is 2.95. The van der Waals surface area contributed by atoms with Crippen LogP contribution in [0.2, 0.25) is 0 Å². The van der Waals surface area contributed by atoms with Crippen LogP contribution in [0.25, 0.3) is 0 Å². The van der Waals surface area contributed by atoms with E-state index in [1.54, 1.807) is 0 Å². The summed E-state index contributed by atoms with van der Waals surface area (Å²) in [5.41, 5.74) is 7.10. The number of nitrogens with two attached hydrogens (primary N) is 1. The van der Waals surface area contributed by atoms with Gasteiger partial charge in [0.25, 0.3) is 0 Å². The van der Waals surface area contributed by atoms with Crippen LogP contribution in [0.4, 0.5) is 0 Å². The molecule has 3 rings (SSSR count). The lowest BCUT2D eigenvalue weighted by molar-refractivity contribution is 0.450. The Morgan fingerprint density at radius 2 is 1.25 bits per heavy atom. The predicted molar refractivity (Wildman–Crippen MR) is 89.3 cm³/mol. The van der Waals surface area contributed by atoms with Crippen LogP contribution in [0.15, 0.2) is 60.7 Å². The van der Waals surface area contributed by atoms with E-state index >= 15 is 0 Å². The summed E-state index contributed by atoms with van der Waals surface area (Å²) >= 11 is 0. The molecule has 0 unspecified atom stereocenters. The summed E-state index contributed by atoms with van der Waals surface area (Å²) in [7, 11) is -0.333. The van der Waals surface area contributed by atoms with Crippen LogP contribution in [-0.2, 0) is 0 Å². The molecule has 0 aromatic heterocycles. The summed E-state index contributed by atoms with van der Waals surface area (Å²) in [6.45, 7) is 0. The molecule has 1 nitrogen and oxygen atoms in total. The Hall–Kier alpha value is -1.17. The molecule has 0 aliphatic heterocycles. The molecule has 0 saturated heterocycles. The van der Waals surface area contributed by atoms with Gasteiger partial charge in [-0.15, -0.1) is 0 Å². The van der Waals surface area contributed by atoms with E-state index in [0.29, 0.717) is 11.7 Å². The monoisotopic (exact) mass is 283 g/mol. The molecule has 20 heavy (non-hydrogen) atoms. The van der Waals surface area contributed by atoms with Crippen molar-refractivity contribution in [1.29, 1.82) is 0 Å². The van der Waals surface area contributed by atoms with Gasteiger partial charge in [-0.3, -0.25) is 0 Å². The van der Waals surface area contributed by atoms with Crippen molar-refractivity contribution in [3.8, 4) is 0 Å². The zero-order valence-electron chi connectivity index (χ0n) is 11.8. The predicted octanol–water partition coefficient (Wildman–Crippen LogP) is 3.39. The summed E-state index contributed by atoms with van der Waals surface area (Å²) in [6.07, 6.45) is 5.08. The molecular weight excluding hydrogens is 261 g/mol. The van der Waals surface area contributed by atoms with E-state index in [1.807, 2.05) is 0 Å². The van der Waals surface area contributed by atoms with Crippen LogP contribution in [0.1, 0.15) is 25.7 Å². The second kappa shape index (κ2) is 6.52. The molecule has 1 fully saturated rings. The maximum absolute atomic E-state index is 6.47. The molecule has 2 N–H and O–H groups in total. The summed E-state index contributed by atoms with van der Waals surface area (Å²) < 4.78 is 0. The Bertz CT molecular complexity index is 486. The van der Waals surface area contributed by atoms with Crippen LogP contribution in [0.5, 0.6) is 0 Å². The van der Waals surface area contributed by atoms with Crippen molar-refractivity contribution in [2.45, 2.75) is 37.4 Å². The lowest BCUT2D eigenvalue weighted by Gasteiger charge is -2.36. The summed E-state index contributed by atoms with van der Waals surface area (Å²) in [6, 6.07) is 22.3. The van der Waals surface area contributed by atoms with Gasteiger partial charge in [0, 0.05) is 11.7 Å². The van der Waals surface area contributed by atoms with Crippen molar-refractivity contribution in [1.82, 2.24) is 0 Å². The van der Waals surface area contributed by atoms with Crippen LogP contribution in [0.3, 0.4) is 0 Å². The highest BCUT2D eigenvalue weighted by atomic mass is 31.1. The first kappa shape index (κ1) is 13.8. The first-order valence-corrected chi connectivity index (χ1v) is 8.92. The first-order chi connectivity index (χ1) is 9.86. The van der Waals surface area contributed by atoms with E-state index in [-0.39, 0.29) is 7.92 Å². The van der Waals surface area contributed by atoms with E-state index in [4.69, 9.17) is 5.73 Å². The van der Waals surface area contributed by atoms with Crippen molar-refractivity contribution in [2.24, 2.45) is 5.73 Å². The minimum atomic E-state index is -0.333. The Balaban J connectivity index is 1.99. The van der Waals surface area contributed by atoms with Gasteiger partial charge in [0.15, 0.2) is 0 Å². The van der Waals surface area contributed by atoms with Gasteiger partial charge in [-0.25, -0.2) is 0 Å². The van der Waals surface area contributed by atoms with Gasteiger partial charge in [0.2, 0.25) is 0 Å². The molecule has 1 aliphatic carbocycles. The zero-order chi connectivity index (χ0) is 13.8. The molecule has 2 heteroatoms. The largest absolute Gasteiger partial charge is 0.327 e. The van der Waals surface area contributed by atoms with E-state index in [1.165, 1.54) is 36.3 Å². The van der Waals surface area contributed by atoms with E-state index in [2.05, 4.69) is 60.7 Å². The third-order valence-corrected chi connectivity index (χ3v) is 7.20. The van der Waals surface area contributed by atoms with Crippen molar-refractivity contribution in [3.63, 3.8) is 0 Å². The van der Waals surface area contributed by atoms with Crippen molar-refractivity contribution in [2.75, 3.05) is 0 Å². The fraction of sp³-hybridized carbons (Fsp3) is 0.333. The Kier molecular flexibility index (Phi) is 4.50. The number of benzene rings is 2. The van der Waals surface area contributed by atoms with Gasteiger partial charge < -0.3 is 5.73 Å². The molecule has 0 amide bonds. The fourth-order valence-corrected chi connectivity index (χ4v) is 6.19. The maximum Gasteiger partial charge on any atom is 0.0113 e. The smallest absolute Gasteiger partial charge is 0.0113 e. The Morgan fingerprint density at radius 3 is 1.75 bits per heavy atom. The first-order valence-electron chi connectivity index (χ1n) is 7.51. The third-order valence-electron chi connectivity index (χ3n) is 4.18. The van der Waals surface area contributed by atoms with E-state index in [0.717, 1.165) is 0 Å². The van der Waals surface area contributed by atoms with Crippen LogP contribution >= 0.6 is 7.92 Å². The molecule has 0 radical (unpaired) electrons. The normalized spacial score (nSPS) is 22.9. The van der Waals surface area contributed by atoms with Gasteiger partial charge in [-0.2, -0.15) is 0 Å². The standard InChI is InChI=1S/C18H22NP/c19-17-13-7-8-14-18(17)20(15-9-3-1-4-10-15)16-11-5-2-6-12-16/h1-6,9-12,17-18H,7-8,13-14,19H2/t17-,18-/m0/s1. The highest BCUT2D eigenvalue weighted by molar-refractivity contribution is 7.73. The maximum atomic E-state index is 6.47. The molecular formula is C18H22NP. The second-order valence-corrected chi connectivity index (χ2v) is 7.99. The minimum Gasteiger partial charge on any atom is -0.327 e. The SMILES string of the molecule is N[C@H]1CCCC[C@@H]1P(c1ccccc1)c1ccccc1. The van der Waals surface area contributed by atoms with E-state index < -0.39 is 0 Å². The minimum absolute atomic E-state index is 0.333. The topological polar surface area (TPSA) is 26.0 Å². The van der Waals surface area contributed by atoms with Crippen molar-refractivity contribution in [3.05, 3.63) is 60.7 Å². The number of hydrogen-bond acceptors (Lipinski definition) is 1. The molecule has 2 aromatic carbocycles. The zero-order valence-corrected chi connectivity index (χ0v) is 12.7. The van der Waals surface area contributed by atoms with Crippen LogP contribution < -0.4 is 16.3 Å². The lowest BCUT2D eigenvalue weighted by atomic mass is 9.96. The molecule has 0 bridgehead atoms. The van der Waals surface area contributed by atoms with Crippen LogP contribution in [0, 0.1) is 0 Å². The second-order valence-electron chi connectivity index (χ2n) is 5.56. The van der Waals surface area contributed by atoms with Gasteiger partial charge in [-0.05, 0) is 31.4 Å². The molecule has 2 atom stereocenters. The number of rotatable bonds is 3. The van der Waals surface area contributed by atoms with Crippen molar-refractivity contribution < 1.29 is 0 Å². The summed E-state index contributed by atoms with van der Waals surface area (Å²) in [5, 5.41) is 2.94. The number of hydrogen-bond donors (Lipinski definition) is 1. The molecule has 1 aliphatic rings. The summed E-state index contributed by atoms with van der Waals surface area (Å²) in [5.74, 6) is 0. The Labute approximate surface area is 123 Å².